The van der Waals surface area contributed by atoms with Crippen molar-refractivity contribution in [3.63, 3.8) is 0 Å². The summed E-state index contributed by atoms with van der Waals surface area (Å²) in [6, 6.07) is 63.3. The van der Waals surface area contributed by atoms with E-state index in [0.717, 1.165) is 110 Å². The molecule has 0 saturated heterocycles. The van der Waals surface area contributed by atoms with Gasteiger partial charge in [-0.25, -0.2) is 4.98 Å². The Kier molecular flexibility index (Phi) is 6.56. The Balaban J connectivity index is 1.04. The average molecular weight is 719 g/mol. The molecule has 0 aliphatic carbocycles. The van der Waals surface area contributed by atoms with E-state index in [9.17, 15) is 0 Å². The molecule has 262 valence electrons. The topological polar surface area (TPSA) is 55.6 Å². The van der Waals surface area contributed by atoms with E-state index in [-0.39, 0.29) is 0 Å². The molecule has 3 heterocycles. The maximum atomic E-state index is 6.67. The van der Waals surface area contributed by atoms with Gasteiger partial charge in [0.2, 0.25) is 5.89 Å². The van der Waals surface area contributed by atoms with Crippen LogP contribution in [0.25, 0.3) is 99.1 Å². The summed E-state index contributed by atoms with van der Waals surface area (Å²) in [5.41, 5.74) is 11.0. The number of benzene rings is 9. The number of anilines is 3. The van der Waals surface area contributed by atoms with Crippen molar-refractivity contribution in [1.29, 1.82) is 0 Å². The fraction of sp³-hybridized carbons (Fsp3) is 0. The lowest BCUT2D eigenvalue weighted by atomic mass is 10.0. The first-order valence-electron chi connectivity index (χ1n) is 18.8. The quantitative estimate of drug-likeness (QED) is 0.177. The molecule has 12 aromatic rings. The van der Waals surface area contributed by atoms with E-state index >= 15 is 0 Å². The van der Waals surface area contributed by atoms with E-state index in [4.69, 9.17) is 18.2 Å². The molecule has 56 heavy (non-hydrogen) atoms. The molecular formula is C51H30N2O3. The number of fused-ring (bicyclic) bond motifs is 11. The lowest BCUT2D eigenvalue weighted by Gasteiger charge is -2.26. The van der Waals surface area contributed by atoms with Crippen LogP contribution in [0.1, 0.15) is 0 Å². The van der Waals surface area contributed by atoms with Gasteiger partial charge >= 0.3 is 0 Å². The van der Waals surface area contributed by atoms with Crippen LogP contribution in [0.2, 0.25) is 0 Å². The van der Waals surface area contributed by atoms with E-state index < -0.39 is 0 Å². The van der Waals surface area contributed by atoms with Gasteiger partial charge in [0.25, 0.3) is 0 Å². The molecule has 3 aromatic heterocycles. The minimum Gasteiger partial charge on any atom is -0.456 e. The lowest BCUT2D eigenvalue weighted by Crippen LogP contribution is -2.09. The first-order valence-corrected chi connectivity index (χ1v) is 18.8. The van der Waals surface area contributed by atoms with Crippen LogP contribution in [0.5, 0.6) is 0 Å². The van der Waals surface area contributed by atoms with Gasteiger partial charge < -0.3 is 18.2 Å². The molecule has 0 unspecified atom stereocenters. The Morgan fingerprint density at radius 3 is 1.84 bits per heavy atom. The number of aromatic nitrogens is 1. The third-order valence-electron chi connectivity index (χ3n) is 11.1. The molecule has 0 radical (unpaired) electrons. The van der Waals surface area contributed by atoms with Crippen LogP contribution >= 0.6 is 0 Å². The second-order valence-electron chi connectivity index (χ2n) is 14.3. The number of furan rings is 2. The second kappa shape index (κ2) is 11.9. The SMILES string of the molecule is c1ccc(-c2cccc(N(c3ccc4c(c3)oc3c5ccccc5ccc43)c3ccc4c(c3)oc3cccc(-c5nc6ccc7ccccc7c6o5)c34)c2)cc1. The Bertz CT molecular complexity index is 3500. The molecule has 0 atom stereocenters. The van der Waals surface area contributed by atoms with Crippen LogP contribution in [0.3, 0.4) is 0 Å². The zero-order valence-electron chi connectivity index (χ0n) is 29.9. The van der Waals surface area contributed by atoms with Crippen molar-refractivity contribution in [3.8, 4) is 22.6 Å². The lowest BCUT2D eigenvalue weighted by molar-refractivity contribution is 0.623. The first kappa shape index (κ1) is 30.8. The van der Waals surface area contributed by atoms with E-state index in [1.807, 2.05) is 36.4 Å². The van der Waals surface area contributed by atoms with Crippen LogP contribution in [0.15, 0.2) is 195 Å². The minimum atomic E-state index is 0.569. The first-order chi connectivity index (χ1) is 27.7. The molecule has 5 heteroatoms. The van der Waals surface area contributed by atoms with Crippen molar-refractivity contribution in [2.24, 2.45) is 0 Å². The van der Waals surface area contributed by atoms with Crippen molar-refractivity contribution in [2.75, 3.05) is 4.90 Å². The molecule has 0 aliphatic rings. The maximum absolute atomic E-state index is 6.67. The molecule has 0 N–H and O–H groups in total. The Morgan fingerprint density at radius 2 is 1.02 bits per heavy atom. The molecule has 0 saturated carbocycles. The van der Waals surface area contributed by atoms with Gasteiger partial charge in [-0.2, -0.15) is 0 Å². The molecule has 0 amide bonds. The highest BCUT2D eigenvalue weighted by atomic mass is 16.4. The summed E-state index contributed by atoms with van der Waals surface area (Å²) in [5.74, 6) is 0.569. The van der Waals surface area contributed by atoms with Crippen LogP contribution in [0, 0.1) is 0 Å². The highest BCUT2D eigenvalue weighted by molar-refractivity contribution is 6.16. The predicted molar refractivity (Wildman–Crippen MR) is 229 cm³/mol. The zero-order chi connectivity index (χ0) is 36.7. The van der Waals surface area contributed by atoms with Gasteiger partial charge in [0.1, 0.15) is 27.8 Å². The van der Waals surface area contributed by atoms with Gasteiger partial charge in [-0.1, -0.05) is 109 Å². The molecule has 5 nitrogen and oxygen atoms in total. The summed E-state index contributed by atoms with van der Waals surface area (Å²) >= 11 is 0. The number of hydrogen-bond donors (Lipinski definition) is 0. The fourth-order valence-electron chi connectivity index (χ4n) is 8.44. The van der Waals surface area contributed by atoms with Gasteiger partial charge in [0.15, 0.2) is 5.58 Å². The van der Waals surface area contributed by atoms with E-state index in [1.54, 1.807) is 0 Å². The third kappa shape index (κ3) is 4.71. The smallest absolute Gasteiger partial charge is 0.228 e. The van der Waals surface area contributed by atoms with E-state index in [2.05, 4.69) is 150 Å². The monoisotopic (exact) mass is 718 g/mol. The largest absolute Gasteiger partial charge is 0.456 e. The summed E-state index contributed by atoms with van der Waals surface area (Å²) in [5, 5.41) is 8.58. The van der Waals surface area contributed by atoms with Gasteiger partial charge in [0.05, 0.1) is 0 Å². The highest BCUT2D eigenvalue weighted by Crippen LogP contribution is 2.44. The molecule has 9 aromatic carbocycles. The Morgan fingerprint density at radius 1 is 0.375 bits per heavy atom. The minimum absolute atomic E-state index is 0.569. The third-order valence-corrected chi connectivity index (χ3v) is 11.1. The Labute approximate surface area is 320 Å². The van der Waals surface area contributed by atoms with Crippen molar-refractivity contribution >= 4 is 93.6 Å². The summed E-state index contributed by atoms with van der Waals surface area (Å²) in [7, 11) is 0. The maximum Gasteiger partial charge on any atom is 0.228 e. The van der Waals surface area contributed by atoms with Gasteiger partial charge in [-0.3, -0.25) is 0 Å². The highest BCUT2D eigenvalue weighted by Gasteiger charge is 2.21. The van der Waals surface area contributed by atoms with Gasteiger partial charge in [0, 0.05) is 67.1 Å². The number of hydrogen-bond acceptors (Lipinski definition) is 5. The molecule has 12 rings (SSSR count). The van der Waals surface area contributed by atoms with Gasteiger partial charge in [-0.05, 0) is 82.6 Å². The van der Waals surface area contributed by atoms with Crippen molar-refractivity contribution in [2.45, 2.75) is 0 Å². The molecule has 0 aliphatic heterocycles. The average Bonchev–Trinajstić information content (AvgIpc) is 3.98. The Hall–Kier alpha value is -7.63. The van der Waals surface area contributed by atoms with Crippen LogP contribution in [-0.2, 0) is 0 Å². The molecule has 0 spiro atoms. The van der Waals surface area contributed by atoms with Crippen LogP contribution in [0.4, 0.5) is 17.1 Å². The summed E-state index contributed by atoms with van der Waals surface area (Å²) in [6.07, 6.45) is 0. The number of nitrogens with zero attached hydrogens (tertiary/aromatic N) is 2. The molecular weight excluding hydrogens is 689 g/mol. The summed E-state index contributed by atoms with van der Waals surface area (Å²) in [6.45, 7) is 0. The molecule has 0 bridgehead atoms. The second-order valence-corrected chi connectivity index (χ2v) is 14.3. The normalized spacial score (nSPS) is 11.9. The fourth-order valence-corrected chi connectivity index (χ4v) is 8.44. The number of oxazole rings is 1. The van der Waals surface area contributed by atoms with E-state index in [1.165, 1.54) is 0 Å². The van der Waals surface area contributed by atoms with Crippen molar-refractivity contribution < 1.29 is 13.3 Å². The van der Waals surface area contributed by atoms with Crippen molar-refractivity contribution in [3.05, 3.63) is 182 Å². The summed E-state index contributed by atoms with van der Waals surface area (Å²) in [4.78, 5) is 7.23. The van der Waals surface area contributed by atoms with Gasteiger partial charge in [-0.15, -0.1) is 0 Å². The van der Waals surface area contributed by atoms with Crippen LogP contribution < -0.4 is 4.90 Å². The standard InChI is InChI=1S/C51H30N2O3/c1-2-10-31(11-3-1)34-14-8-15-35(28-34)53(36-22-25-40-41-24-20-32-12-4-6-16-38(32)49(41)55-46(40)29-36)37-23-26-42-47(30-37)54-45-19-9-18-43(48(42)45)51-52-44-27-21-33-13-5-7-17-39(33)50(44)56-51/h1-30H. The van der Waals surface area contributed by atoms with E-state index in [0.29, 0.717) is 5.89 Å². The summed E-state index contributed by atoms with van der Waals surface area (Å²) < 4.78 is 19.9. The predicted octanol–water partition coefficient (Wildman–Crippen LogP) is 14.7. The zero-order valence-corrected chi connectivity index (χ0v) is 29.9. The van der Waals surface area contributed by atoms with Crippen molar-refractivity contribution in [1.82, 2.24) is 4.98 Å². The molecule has 0 fully saturated rings. The number of rotatable bonds is 5. The van der Waals surface area contributed by atoms with Crippen LogP contribution in [-0.4, -0.2) is 4.98 Å².